The molecule has 0 aliphatic heterocycles. The molecule has 0 bridgehead atoms. The molecule has 0 saturated carbocycles. The molecule has 0 spiro atoms. The van der Waals surface area contributed by atoms with E-state index >= 15 is 0 Å². The van der Waals surface area contributed by atoms with E-state index in [-0.39, 0.29) is 52.9 Å². The minimum absolute atomic E-state index is 0.233. The van der Waals surface area contributed by atoms with Gasteiger partial charge in [-0.05, 0) is 70.8 Å². The van der Waals surface area contributed by atoms with Crippen molar-refractivity contribution in [2.24, 2.45) is 5.41 Å². The summed E-state index contributed by atoms with van der Waals surface area (Å²) in [5.74, 6) is 5.34. The van der Waals surface area contributed by atoms with Gasteiger partial charge in [0.25, 0.3) is 0 Å². The van der Waals surface area contributed by atoms with E-state index in [2.05, 4.69) is 0 Å². The Kier molecular flexibility index (Phi) is 16.2. The van der Waals surface area contributed by atoms with Crippen LogP contribution in [0.5, 0.6) is 46.0 Å². The number of hydrogen-bond acceptors (Lipinski definition) is 12. The van der Waals surface area contributed by atoms with Gasteiger partial charge in [-0.2, -0.15) is 0 Å². The summed E-state index contributed by atoms with van der Waals surface area (Å²) >= 11 is 0. The van der Waals surface area contributed by atoms with Gasteiger partial charge in [0.2, 0.25) is 0 Å². The average Bonchev–Trinajstić information content (AvgIpc) is 3.19. The molecule has 12 nitrogen and oxygen atoms in total. The molecule has 0 fully saturated rings. The van der Waals surface area contributed by atoms with Gasteiger partial charge in [0.05, 0.1) is 115 Å². The lowest BCUT2D eigenvalue weighted by Gasteiger charge is -2.33. The van der Waals surface area contributed by atoms with Crippen LogP contribution in [0, 0.1) is 5.41 Å². The number of benzene rings is 4. The highest BCUT2D eigenvalue weighted by molar-refractivity contribution is 5.40. The Morgan fingerprint density at radius 1 is 0.283 bits per heavy atom. The van der Waals surface area contributed by atoms with Crippen molar-refractivity contribution >= 4 is 0 Å². The molecule has 0 radical (unpaired) electrons. The molecule has 4 rings (SSSR count). The topological polar surface area (TPSA) is 111 Å². The molecule has 0 amide bonds. The second-order valence-corrected chi connectivity index (χ2v) is 12.4. The first-order valence-corrected chi connectivity index (χ1v) is 17.0. The van der Waals surface area contributed by atoms with Crippen molar-refractivity contribution in [3.63, 3.8) is 0 Å². The lowest BCUT2D eigenvalue weighted by Crippen LogP contribution is -2.41. The van der Waals surface area contributed by atoms with Gasteiger partial charge >= 0.3 is 0 Å². The van der Waals surface area contributed by atoms with Gasteiger partial charge in [0.1, 0.15) is 46.0 Å². The number of hydrogen-bond donors (Lipinski definition) is 0. The van der Waals surface area contributed by atoms with Crippen LogP contribution < -0.4 is 37.9 Å². The zero-order chi connectivity index (χ0) is 38.1. The molecule has 0 atom stereocenters. The van der Waals surface area contributed by atoms with Crippen molar-refractivity contribution in [1.29, 1.82) is 0 Å². The third kappa shape index (κ3) is 12.6. The summed E-state index contributed by atoms with van der Waals surface area (Å²) in [5, 5.41) is 0. The van der Waals surface area contributed by atoms with Gasteiger partial charge in [-0.15, -0.1) is 0 Å². The fourth-order valence-corrected chi connectivity index (χ4v) is 5.59. The molecule has 4 aromatic carbocycles. The summed E-state index contributed by atoms with van der Waals surface area (Å²) < 4.78 is 69.6. The smallest absolute Gasteiger partial charge is 0.122 e. The average molecular weight is 737 g/mol. The summed E-state index contributed by atoms with van der Waals surface area (Å²) in [7, 11) is 12.9. The van der Waals surface area contributed by atoms with E-state index in [0.29, 0.717) is 46.0 Å². The quantitative estimate of drug-likeness (QED) is 0.0746. The summed E-state index contributed by atoms with van der Waals surface area (Å²) in [6, 6.07) is 22.6. The normalized spacial score (nSPS) is 11.2. The Bertz CT molecular complexity index is 1370. The molecule has 4 aromatic rings. The Balaban J connectivity index is 1.61. The van der Waals surface area contributed by atoms with Crippen LogP contribution >= 0.6 is 0 Å². The molecule has 53 heavy (non-hydrogen) atoms. The minimum Gasteiger partial charge on any atom is -0.497 e. The largest absolute Gasteiger partial charge is 0.497 e. The van der Waals surface area contributed by atoms with E-state index in [1.54, 1.807) is 56.9 Å². The first-order valence-electron chi connectivity index (χ1n) is 17.0. The van der Waals surface area contributed by atoms with Crippen LogP contribution in [0.3, 0.4) is 0 Å². The lowest BCUT2D eigenvalue weighted by atomic mass is 9.92. The molecule has 0 unspecified atom stereocenters. The zero-order valence-electron chi connectivity index (χ0n) is 32.0. The summed E-state index contributed by atoms with van der Waals surface area (Å²) in [5.41, 5.74) is 2.76. The van der Waals surface area contributed by atoms with Gasteiger partial charge < -0.3 is 56.8 Å². The van der Waals surface area contributed by atoms with Gasteiger partial charge in [-0.3, -0.25) is 0 Å². The summed E-state index contributed by atoms with van der Waals surface area (Å²) in [6.45, 7) is 2.05. The van der Waals surface area contributed by atoms with Crippen LogP contribution in [-0.4, -0.2) is 83.3 Å². The summed E-state index contributed by atoms with van der Waals surface area (Å²) in [6.07, 6.45) is 0. The second-order valence-electron chi connectivity index (χ2n) is 12.4. The van der Waals surface area contributed by atoms with Crippen molar-refractivity contribution in [3.05, 3.63) is 95.1 Å². The van der Waals surface area contributed by atoms with Crippen molar-refractivity contribution in [2.45, 2.75) is 26.4 Å². The number of methoxy groups -OCH3 is 8. The van der Waals surface area contributed by atoms with Crippen molar-refractivity contribution in [3.8, 4) is 46.0 Å². The predicted octanol–water partition coefficient (Wildman–Crippen LogP) is 6.91. The SMILES string of the molecule is COc1cc(COCC(COCc2cc(OC)cc(OC)c2)(COCc2cc(OC)cc(OC)c2)COCc2cc(OC)cc(OC)c2)cc(OC)c1. The minimum atomic E-state index is -0.766. The molecule has 0 aliphatic carbocycles. The Morgan fingerprint density at radius 3 is 0.604 bits per heavy atom. The number of ether oxygens (including phenoxy) is 12. The fraction of sp³-hybridized carbons (Fsp3) is 0.415. The van der Waals surface area contributed by atoms with E-state index < -0.39 is 5.41 Å². The van der Waals surface area contributed by atoms with E-state index in [4.69, 9.17) is 56.8 Å². The Morgan fingerprint density at radius 2 is 0.453 bits per heavy atom. The van der Waals surface area contributed by atoms with E-state index in [0.717, 1.165) is 22.3 Å². The highest BCUT2D eigenvalue weighted by Gasteiger charge is 2.33. The standard InChI is InChI=1S/C41H52O12/c1-42-33-9-29(10-34(17-33)43-2)21-50-25-41(26-51-22-30-11-35(44-3)18-36(12-30)45-4,27-52-23-31-13-37(46-5)19-38(14-31)47-6)28-53-24-32-15-39(48-7)20-40(16-32)49-8/h9-20H,21-28H2,1-8H3. The molecule has 0 saturated heterocycles. The maximum Gasteiger partial charge on any atom is 0.122 e. The van der Waals surface area contributed by atoms with Gasteiger partial charge in [-0.25, -0.2) is 0 Å². The van der Waals surface area contributed by atoms with Crippen LogP contribution in [-0.2, 0) is 45.4 Å². The Hall–Kier alpha value is -4.88. The maximum atomic E-state index is 6.44. The van der Waals surface area contributed by atoms with E-state index in [1.807, 2.05) is 72.8 Å². The van der Waals surface area contributed by atoms with Crippen LogP contribution in [0.1, 0.15) is 22.3 Å². The highest BCUT2D eigenvalue weighted by Crippen LogP contribution is 2.30. The third-order valence-electron chi connectivity index (χ3n) is 8.35. The molecule has 0 N–H and O–H groups in total. The molecular formula is C41H52O12. The molecule has 0 aliphatic rings. The van der Waals surface area contributed by atoms with E-state index in [9.17, 15) is 0 Å². The molecular weight excluding hydrogens is 684 g/mol. The van der Waals surface area contributed by atoms with Crippen LogP contribution in [0.15, 0.2) is 72.8 Å². The second kappa shape index (κ2) is 21.0. The monoisotopic (exact) mass is 736 g/mol. The van der Waals surface area contributed by atoms with Crippen molar-refractivity contribution in [2.75, 3.05) is 83.3 Å². The lowest BCUT2D eigenvalue weighted by molar-refractivity contribution is -0.117. The zero-order valence-corrected chi connectivity index (χ0v) is 32.0. The first-order chi connectivity index (χ1) is 25.8. The highest BCUT2D eigenvalue weighted by atomic mass is 16.5. The Labute approximate surface area is 312 Å². The molecule has 0 aromatic heterocycles. The van der Waals surface area contributed by atoms with Crippen LogP contribution in [0.2, 0.25) is 0 Å². The van der Waals surface area contributed by atoms with Crippen LogP contribution in [0.4, 0.5) is 0 Å². The van der Waals surface area contributed by atoms with Gasteiger partial charge in [0.15, 0.2) is 0 Å². The van der Waals surface area contributed by atoms with Crippen LogP contribution in [0.25, 0.3) is 0 Å². The third-order valence-corrected chi connectivity index (χ3v) is 8.35. The number of rotatable bonds is 24. The van der Waals surface area contributed by atoms with Crippen molar-refractivity contribution in [1.82, 2.24) is 0 Å². The van der Waals surface area contributed by atoms with Gasteiger partial charge in [-0.1, -0.05) is 0 Å². The molecule has 288 valence electrons. The fourth-order valence-electron chi connectivity index (χ4n) is 5.59. The summed E-state index contributed by atoms with van der Waals surface area (Å²) in [4.78, 5) is 0. The molecule has 12 heteroatoms. The maximum absolute atomic E-state index is 6.44. The molecule has 0 heterocycles. The predicted molar refractivity (Wildman–Crippen MR) is 199 cm³/mol. The van der Waals surface area contributed by atoms with Gasteiger partial charge in [0, 0.05) is 24.3 Å². The van der Waals surface area contributed by atoms with E-state index in [1.165, 1.54) is 0 Å². The van der Waals surface area contributed by atoms with Crippen molar-refractivity contribution < 1.29 is 56.8 Å². The first kappa shape index (κ1) is 40.9.